The van der Waals surface area contributed by atoms with Crippen LogP contribution in [0.25, 0.3) is 11.0 Å². The largest absolute Gasteiger partial charge is 0.493 e. The van der Waals surface area contributed by atoms with Crippen molar-refractivity contribution in [2.75, 3.05) is 7.11 Å². The van der Waals surface area contributed by atoms with Crippen LogP contribution in [0.1, 0.15) is 12.7 Å². The van der Waals surface area contributed by atoms with Crippen molar-refractivity contribution in [3.8, 4) is 5.75 Å². The summed E-state index contributed by atoms with van der Waals surface area (Å²) in [6.07, 6.45) is 0.331. The summed E-state index contributed by atoms with van der Waals surface area (Å²) in [4.78, 5) is 11.0. The first-order valence-electron chi connectivity index (χ1n) is 4.75. The number of rotatable bonds is 3. The predicted octanol–water partition coefficient (Wildman–Crippen LogP) is 2.57. The van der Waals surface area contributed by atoms with Crippen LogP contribution in [-0.4, -0.2) is 12.9 Å². The van der Waals surface area contributed by atoms with Gasteiger partial charge in [0.2, 0.25) is 0 Å². The van der Waals surface area contributed by atoms with Gasteiger partial charge in [-0.25, -0.2) is 0 Å². The van der Waals surface area contributed by atoms with E-state index in [2.05, 4.69) is 0 Å². The van der Waals surface area contributed by atoms with Gasteiger partial charge in [-0.2, -0.15) is 0 Å². The minimum Gasteiger partial charge on any atom is -0.493 e. The Balaban J connectivity index is 2.50. The number of carbonyl (C=O) groups is 1. The number of hydrogen-bond donors (Lipinski definition) is 0. The number of Topliss-reactive ketones (excluding diaryl/α,β-unsaturated/α-hetero) is 1. The lowest BCUT2D eigenvalue weighted by molar-refractivity contribution is -0.116. The van der Waals surface area contributed by atoms with Crippen molar-refractivity contribution in [2.24, 2.45) is 0 Å². The third-order valence-corrected chi connectivity index (χ3v) is 2.20. The van der Waals surface area contributed by atoms with Crippen LogP contribution in [0.2, 0.25) is 0 Å². The van der Waals surface area contributed by atoms with Crippen molar-refractivity contribution >= 4 is 16.8 Å². The zero-order chi connectivity index (χ0) is 10.8. The number of para-hydroxylation sites is 1. The highest BCUT2D eigenvalue weighted by atomic mass is 16.5. The molecule has 0 radical (unpaired) electrons. The Morgan fingerprint density at radius 2 is 2.27 bits per heavy atom. The van der Waals surface area contributed by atoms with Gasteiger partial charge in [0.15, 0.2) is 11.3 Å². The molecule has 1 aromatic heterocycles. The van der Waals surface area contributed by atoms with Crippen LogP contribution >= 0.6 is 0 Å². The van der Waals surface area contributed by atoms with Gasteiger partial charge in [-0.1, -0.05) is 12.1 Å². The Kier molecular flexibility index (Phi) is 2.46. The maximum Gasteiger partial charge on any atom is 0.176 e. The molecular formula is C12H12O3. The standard InChI is InChI=1S/C12H12O3/c1-8(13)6-10-7-9-4-3-5-11(14-2)12(9)15-10/h3-5,7H,6H2,1-2H3. The van der Waals surface area contributed by atoms with E-state index in [0.29, 0.717) is 23.5 Å². The van der Waals surface area contributed by atoms with E-state index in [0.717, 1.165) is 5.39 Å². The van der Waals surface area contributed by atoms with Crippen molar-refractivity contribution in [3.05, 3.63) is 30.0 Å². The highest BCUT2D eigenvalue weighted by Gasteiger charge is 2.09. The minimum atomic E-state index is 0.0908. The second kappa shape index (κ2) is 3.77. The van der Waals surface area contributed by atoms with Crippen LogP contribution in [0, 0.1) is 0 Å². The second-order valence-electron chi connectivity index (χ2n) is 3.47. The summed E-state index contributed by atoms with van der Waals surface area (Å²) in [7, 11) is 1.60. The highest BCUT2D eigenvalue weighted by Crippen LogP contribution is 2.28. The number of carbonyl (C=O) groups excluding carboxylic acids is 1. The van der Waals surface area contributed by atoms with Crippen molar-refractivity contribution in [1.82, 2.24) is 0 Å². The molecule has 0 spiro atoms. The van der Waals surface area contributed by atoms with E-state index in [4.69, 9.17) is 9.15 Å². The van der Waals surface area contributed by atoms with Gasteiger partial charge in [0.25, 0.3) is 0 Å². The maximum atomic E-state index is 11.0. The van der Waals surface area contributed by atoms with Gasteiger partial charge in [0.05, 0.1) is 13.5 Å². The van der Waals surface area contributed by atoms with Crippen molar-refractivity contribution in [1.29, 1.82) is 0 Å². The summed E-state index contributed by atoms with van der Waals surface area (Å²) >= 11 is 0. The van der Waals surface area contributed by atoms with Crippen LogP contribution in [0.5, 0.6) is 5.75 Å². The molecule has 0 amide bonds. The lowest BCUT2D eigenvalue weighted by atomic mass is 10.2. The predicted molar refractivity (Wildman–Crippen MR) is 57.2 cm³/mol. The van der Waals surface area contributed by atoms with Gasteiger partial charge in [0, 0.05) is 5.39 Å². The summed E-state index contributed by atoms with van der Waals surface area (Å²) in [6, 6.07) is 7.54. The normalized spacial score (nSPS) is 10.5. The van der Waals surface area contributed by atoms with Gasteiger partial charge in [0.1, 0.15) is 11.5 Å². The van der Waals surface area contributed by atoms with Crippen LogP contribution < -0.4 is 4.74 Å². The smallest absolute Gasteiger partial charge is 0.176 e. The molecule has 0 aliphatic carbocycles. The first-order chi connectivity index (χ1) is 7.20. The number of ether oxygens (including phenoxy) is 1. The van der Waals surface area contributed by atoms with E-state index in [9.17, 15) is 4.79 Å². The molecule has 3 nitrogen and oxygen atoms in total. The molecule has 78 valence electrons. The van der Waals surface area contributed by atoms with Crippen LogP contribution in [0.15, 0.2) is 28.7 Å². The lowest BCUT2D eigenvalue weighted by Crippen LogP contribution is -1.93. The minimum absolute atomic E-state index is 0.0908. The summed E-state index contributed by atoms with van der Waals surface area (Å²) in [5.74, 6) is 1.47. The number of ketones is 1. The quantitative estimate of drug-likeness (QED) is 0.771. The molecule has 0 aliphatic rings. The van der Waals surface area contributed by atoms with Crippen LogP contribution in [0.4, 0.5) is 0 Å². The number of hydrogen-bond acceptors (Lipinski definition) is 3. The van der Waals surface area contributed by atoms with Gasteiger partial charge in [-0.3, -0.25) is 4.79 Å². The van der Waals surface area contributed by atoms with Gasteiger partial charge < -0.3 is 9.15 Å². The molecule has 2 aromatic rings. The Labute approximate surface area is 87.6 Å². The molecular weight excluding hydrogens is 192 g/mol. The molecule has 0 saturated carbocycles. The van der Waals surface area contributed by atoms with E-state index in [1.807, 2.05) is 24.3 Å². The highest BCUT2D eigenvalue weighted by molar-refractivity contribution is 5.85. The average molecular weight is 204 g/mol. The molecule has 0 N–H and O–H groups in total. The van der Waals surface area contributed by atoms with Crippen molar-refractivity contribution < 1.29 is 13.9 Å². The molecule has 1 heterocycles. The number of methoxy groups -OCH3 is 1. The molecule has 0 atom stereocenters. The van der Waals surface area contributed by atoms with E-state index in [-0.39, 0.29) is 5.78 Å². The Morgan fingerprint density at radius 1 is 1.47 bits per heavy atom. The number of furan rings is 1. The summed E-state index contributed by atoms with van der Waals surface area (Å²) in [5.41, 5.74) is 0.705. The Morgan fingerprint density at radius 3 is 2.93 bits per heavy atom. The summed E-state index contributed by atoms with van der Waals surface area (Å²) in [6.45, 7) is 1.55. The molecule has 15 heavy (non-hydrogen) atoms. The van der Waals surface area contributed by atoms with E-state index >= 15 is 0 Å². The van der Waals surface area contributed by atoms with E-state index < -0.39 is 0 Å². The molecule has 1 aromatic carbocycles. The fraction of sp³-hybridized carbons (Fsp3) is 0.250. The van der Waals surface area contributed by atoms with Crippen molar-refractivity contribution in [2.45, 2.75) is 13.3 Å². The van der Waals surface area contributed by atoms with Gasteiger partial charge in [-0.05, 0) is 19.1 Å². The zero-order valence-corrected chi connectivity index (χ0v) is 8.74. The molecule has 0 aliphatic heterocycles. The molecule has 0 bridgehead atoms. The molecule has 0 saturated heterocycles. The first kappa shape index (κ1) is 9.77. The van der Waals surface area contributed by atoms with Crippen molar-refractivity contribution in [3.63, 3.8) is 0 Å². The zero-order valence-electron chi connectivity index (χ0n) is 8.74. The number of fused-ring (bicyclic) bond motifs is 1. The lowest BCUT2D eigenvalue weighted by Gasteiger charge is -1.98. The van der Waals surface area contributed by atoms with E-state index in [1.165, 1.54) is 0 Å². The van der Waals surface area contributed by atoms with Gasteiger partial charge >= 0.3 is 0 Å². The SMILES string of the molecule is COc1cccc2cc(CC(C)=O)oc12. The second-order valence-corrected chi connectivity index (χ2v) is 3.47. The fourth-order valence-electron chi connectivity index (χ4n) is 1.58. The molecule has 2 rings (SSSR count). The Hall–Kier alpha value is -1.77. The monoisotopic (exact) mass is 204 g/mol. The third kappa shape index (κ3) is 1.86. The average Bonchev–Trinajstić information content (AvgIpc) is 2.58. The van der Waals surface area contributed by atoms with Gasteiger partial charge in [-0.15, -0.1) is 0 Å². The Bertz CT molecular complexity index is 497. The number of benzene rings is 1. The molecule has 0 unspecified atom stereocenters. The summed E-state index contributed by atoms with van der Waals surface area (Å²) in [5, 5.41) is 0.964. The first-order valence-corrected chi connectivity index (χ1v) is 4.75. The van der Waals surface area contributed by atoms with E-state index in [1.54, 1.807) is 14.0 Å². The molecule has 0 fully saturated rings. The summed E-state index contributed by atoms with van der Waals surface area (Å²) < 4.78 is 10.7. The maximum absolute atomic E-state index is 11.0. The van der Waals surface area contributed by atoms with Crippen LogP contribution in [-0.2, 0) is 11.2 Å². The third-order valence-electron chi connectivity index (χ3n) is 2.20. The fourth-order valence-corrected chi connectivity index (χ4v) is 1.58. The topological polar surface area (TPSA) is 39.4 Å². The van der Waals surface area contributed by atoms with Crippen LogP contribution in [0.3, 0.4) is 0 Å². The molecule has 3 heteroatoms.